The molecule has 0 amide bonds. The molecular weight excluding hydrogens is 436 g/mol. The van der Waals surface area contributed by atoms with E-state index >= 15 is 0 Å². The third kappa shape index (κ3) is 5.08. The molecule has 7 nitrogen and oxygen atoms in total. The lowest BCUT2D eigenvalue weighted by Gasteiger charge is -2.10. The van der Waals surface area contributed by atoms with Crippen LogP contribution in [0.1, 0.15) is 42.3 Å². The first-order valence-corrected chi connectivity index (χ1v) is 10.5. The lowest BCUT2D eigenvalue weighted by atomic mass is 10.1. The highest BCUT2D eigenvalue weighted by Gasteiger charge is 2.43. The lowest BCUT2D eigenvalue weighted by Crippen LogP contribution is -2.25. The smallest absolute Gasteiger partial charge is 0.493 e. The molecular formula is C24H23F2NO6. The van der Waals surface area contributed by atoms with Crippen molar-refractivity contribution in [2.45, 2.75) is 45.8 Å². The van der Waals surface area contributed by atoms with Gasteiger partial charge in [0.05, 0.1) is 18.7 Å². The minimum atomic E-state index is -3.69. The second kappa shape index (κ2) is 8.73. The highest BCUT2D eigenvalue weighted by atomic mass is 19.3. The summed E-state index contributed by atoms with van der Waals surface area (Å²) in [4.78, 5) is 15.5. The van der Waals surface area contributed by atoms with Crippen molar-refractivity contribution in [1.82, 2.24) is 4.98 Å². The summed E-state index contributed by atoms with van der Waals surface area (Å²) >= 11 is 0. The highest BCUT2D eigenvalue weighted by Crippen LogP contribution is 2.43. The van der Waals surface area contributed by atoms with E-state index < -0.39 is 12.3 Å². The second-order valence-corrected chi connectivity index (χ2v) is 8.08. The molecule has 0 aliphatic carbocycles. The number of ether oxygens (including phenoxy) is 3. The molecule has 1 N–H and O–H groups in total. The molecule has 1 aliphatic heterocycles. The third-order valence-corrected chi connectivity index (χ3v) is 5.10. The van der Waals surface area contributed by atoms with Crippen LogP contribution in [0.15, 0.2) is 40.8 Å². The number of carboxylic acid groups (broad SMARTS) is 1. The highest BCUT2D eigenvalue weighted by molar-refractivity contribution is 5.70. The average Bonchev–Trinajstić information content (AvgIpc) is 3.28. The Balaban J connectivity index is 1.50. The van der Waals surface area contributed by atoms with Crippen LogP contribution in [0, 0.1) is 6.92 Å². The van der Waals surface area contributed by atoms with Gasteiger partial charge in [-0.15, -0.1) is 8.78 Å². The molecule has 0 atom stereocenters. The molecule has 2 heterocycles. The Hall–Kier alpha value is -3.62. The number of aliphatic carboxylic acids is 1. The Morgan fingerprint density at radius 3 is 2.64 bits per heavy atom. The van der Waals surface area contributed by atoms with Crippen LogP contribution in [-0.4, -0.2) is 29.0 Å². The number of nitrogens with zero attached hydrogens (tertiary/aromatic N) is 1. The van der Waals surface area contributed by atoms with Gasteiger partial charge < -0.3 is 23.7 Å². The number of oxazole rings is 1. The van der Waals surface area contributed by atoms with E-state index in [-0.39, 0.29) is 29.7 Å². The largest absolute Gasteiger partial charge is 0.586 e. The number of carbonyl (C=O) groups is 1. The van der Waals surface area contributed by atoms with Crippen LogP contribution in [0.5, 0.6) is 17.2 Å². The molecule has 2 aromatic carbocycles. The zero-order chi connectivity index (χ0) is 23.8. The molecule has 0 saturated carbocycles. The maximum Gasteiger partial charge on any atom is 0.586 e. The molecule has 1 aliphatic rings. The standard InChI is InChI=1S/C24H23F2NO6/c1-13(2)22-17(8-9-30-19-10-15(11-21(28)29)5-4-14(19)3)27-23(31-22)16-6-7-18-20(12-16)33-24(25,26)32-18/h4-7,10,12-13H,8-9,11H2,1-3H3,(H,28,29). The van der Waals surface area contributed by atoms with Gasteiger partial charge in [-0.2, -0.15) is 0 Å². The summed E-state index contributed by atoms with van der Waals surface area (Å²) in [5.74, 6) is 0.578. The van der Waals surface area contributed by atoms with Crippen LogP contribution >= 0.6 is 0 Å². The van der Waals surface area contributed by atoms with Gasteiger partial charge in [-0.05, 0) is 42.3 Å². The van der Waals surface area contributed by atoms with E-state index in [4.69, 9.17) is 14.3 Å². The van der Waals surface area contributed by atoms with Crippen molar-refractivity contribution in [3.05, 3.63) is 59.0 Å². The van der Waals surface area contributed by atoms with Crippen molar-refractivity contribution < 1.29 is 37.3 Å². The van der Waals surface area contributed by atoms with Crippen molar-refractivity contribution in [3.8, 4) is 28.7 Å². The van der Waals surface area contributed by atoms with Gasteiger partial charge >= 0.3 is 12.3 Å². The number of aromatic nitrogens is 1. The molecule has 0 unspecified atom stereocenters. The Morgan fingerprint density at radius 2 is 1.91 bits per heavy atom. The van der Waals surface area contributed by atoms with Gasteiger partial charge in [0.25, 0.3) is 0 Å². The molecule has 174 valence electrons. The van der Waals surface area contributed by atoms with E-state index in [0.29, 0.717) is 41.4 Å². The quantitative estimate of drug-likeness (QED) is 0.486. The number of benzene rings is 2. The molecule has 3 aromatic rings. The van der Waals surface area contributed by atoms with Gasteiger partial charge in [0.2, 0.25) is 5.89 Å². The predicted octanol–water partition coefficient (Wildman–Crippen LogP) is 5.34. The summed E-state index contributed by atoms with van der Waals surface area (Å²) in [5.41, 5.74) is 2.73. The number of halogens is 2. The van der Waals surface area contributed by atoms with E-state index in [0.717, 1.165) is 5.56 Å². The second-order valence-electron chi connectivity index (χ2n) is 8.08. The van der Waals surface area contributed by atoms with Crippen LogP contribution < -0.4 is 14.2 Å². The summed E-state index contributed by atoms with van der Waals surface area (Å²) in [6, 6.07) is 9.69. The third-order valence-electron chi connectivity index (χ3n) is 5.10. The van der Waals surface area contributed by atoms with E-state index in [1.807, 2.05) is 26.8 Å². The fourth-order valence-electron chi connectivity index (χ4n) is 3.54. The predicted molar refractivity (Wildman–Crippen MR) is 114 cm³/mol. The van der Waals surface area contributed by atoms with E-state index in [1.54, 1.807) is 18.2 Å². The van der Waals surface area contributed by atoms with Gasteiger partial charge in [-0.1, -0.05) is 26.0 Å². The van der Waals surface area contributed by atoms with Gasteiger partial charge in [0.1, 0.15) is 11.5 Å². The van der Waals surface area contributed by atoms with Crippen LogP contribution in [0.4, 0.5) is 8.78 Å². The van der Waals surface area contributed by atoms with E-state index in [9.17, 15) is 13.6 Å². The number of carboxylic acids is 1. The van der Waals surface area contributed by atoms with Crippen LogP contribution in [0.3, 0.4) is 0 Å². The number of alkyl halides is 2. The Kier molecular flexibility index (Phi) is 5.97. The fraction of sp³-hybridized carbons (Fsp3) is 0.333. The molecule has 0 radical (unpaired) electrons. The molecule has 1 aromatic heterocycles. The molecule has 0 spiro atoms. The SMILES string of the molecule is Cc1ccc(CC(=O)O)cc1OCCc1nc(-c2ccc3c(c2)OC(F)(F)O3)oc1C(C)C. The van der Waals surface area contributed by atoms with Crippen molar-refractivity contribution in [1.29, 1.82) is 0 Å². The topological polar surface area (TPSA) is 91.0 Å². The van der Waals surface area contributed by atoms with Crippen molar-refractivity contribution in [3.63, 3.8) is 0 Å². The van der Waals surface area contributed by atoms with Crippen LogP contribution in [0.2, 0.25) is 0 Å². The van der Waals surface area contributed by atoms with Gasteiger partial charge in [-0.3, -0.25) is 4.79 Å². The van der Waals surface area contributed by atoms with Gasteiger partial charge in [-0.25, -0.2) is 4.98 Å². The number of fused-ring (bicyclic) bond motifs is 1. The first-order valence-electron chi connectivity index (χ1n) is 10.5. The summed E-state index contributed by atoms with van der Waals surface area (Å²) < 4.78 is 47.4. The van der Waals surface area contributed by atoms with Crippen LogP contribution in [-0.2, 0) is 17.6 Å². The Morgan fingerprint density at radius 1 is 1.15 bits per heavy atom. The average molecular weight is 459 g/mol. The van der Waals surface area contributed by atoms with Gasteiger partial charge in [0, 0.05) is 17.9 Å². The van der Waals surface area contributed by atoms with E-state index in [1.165, 1.54) is 12.1 Å². The summed E-state index contributed by atoms with van der Waals surface area (Å²) in [5, 5.41) is 9.00. The number of hydrogen-bond acceptors (Lipinski definition) is 6. The number of rotatable bonds is 8. The number of hydrogen-bond donors (Lipinski definition) is 1. The fourth-order valence-corrected chi connectivity index (χ4v) is 3.54. The van der Waals surface area contributed by atoms with E-state index in [2.05, 4.69) is 14.5 Å². The molecule has 4 rings (SSSR count). The first-order chi connectivity index (χ1) is 15.6. The monoisotopic (exact) mass is 459 g/mol. The summed E-state index contributed by atoms with van der Waals surface area (Å²) in [7, 11) is 0. The molecule has 0 bridgehead atoms. The molecule has 9 heteroatoms. The molecule has 0 saturated heterocycles. The summed E-state index contributed by atoms with van der Waals surface area (Å²) in [6.45, 7) is 6.12. The Labute approximate surface area is 188 Å². The minimum Gasteiger partial charge on any atom is -0.493 e. The maximum atomic E-state index is 13.3. The Bertz CT molecular complexity index is 1190. The van der Waals surface area contributed by atoms with Crippen molar-refractivity contribution >= 4 is 5.97 Å². The molecule has 0 fully saturated rings. The lowest BCUT2D eigenvalue weighted by molar-refractivity contribution is -0.286. The first kappa shape index (κ1) is 22.6. The summed E-state index contributed by atoms with van der Waals surface area (Å²) in [6.07, 6.45) is -3.33. The number of aryl methyl sites for hydroxylation is 1. The van der Waals surface area contributed by atoms with Crippen molar-refractivity contribution in [2.75, 3.05) is 6.61 Å². The normalized spacial score (nSPS) is 14.0. The zero-order valence-electron chi connectivity index (χ0n) is 18.4. The molecule has 33 heavy (non-hydrogen) atoms. The van der Waals surface area contributed by atoms with Gasteiger partial charge in [0.15, 0.2) is 11.5 Å². The van der Waals surface area contributed by atoms with Crippen LogP contribution in [0.25, 0.3) is 11.5 Å². The van der Waals surface area contributed by atoms with Crippen molar-refractivity contribution in [2.24, 2.45) is 0 Å². The zero-order valence-corrected chi connectivity index (χ0v) is 18.4. The maximum absolute atomic E-state index is 13.3. The minimum absolute atomic E-state index is 0.0419.